The monoisotopic (exact) mass is 300 g/mol. The van der Waals surface area contributed by atoms with Crippen LogP contribution >= 0.6 is 0 Å². The van der Waals surface area contributed by atoms with Gasteiger partial charge in [0, 0.05) is 6.54 Å². The number of amides is 2. The van der Waals surface area contributed by atoms with Crippen molar-refractivity contribution in [2.45, 2.75) is 39.3 Å². The lowest BCUT2D eigenvalue weighted by Gasteiger charge is -2.28. The molecule has 2 amide bonds. The number of urea groups is 1. The Kier molecular flexibility index (Phi) is 5.66. The molecule has 0 saturated carbocycles. The molecule has 1 aromatic rings. The van der Waals surface area contributed by atoms with Crippen molar-refractivity contribution >= 4 is 6.03 Å². The first-order valence-electron chi connectivity index (χ1n) is 6.85. The largest absolute Gasteiger partial charge is 0.388 e. The standard InChI is InChI=1S/C15H22F2N2O2/c1-9(2)15(4,21)8-18-14(20)19-10(3)11-5-6-12(16)13(17)7-11/h5-7,9-10,21H,8H2,1-4H3,(H2,18,19,20). The van der Waals surface area contributed by atoms with Crippen LogP contribution in [0.25, 0.3) is 0 Å². The summed E-state index contributed by atoms with van der Waals surface area (Å²) in [6.07, 6.45) is 0. The highest BCUT2D eigenvalue weighted by Gasteiger charge is 2.25. The normalized spacial score (nSPS) is 15.4. The Morgan fingerprint density at radius 1 is 1.29 bits per heavy atom. The van der Waals surface area contributed by atoms with Crippen LogP contribution in [0.2, 0.25) is 0 Å². The average molecular weight is 300 g/mol. The highest BCUT2D eigenvalue weighted by Crippen LogP contribution is 2.16. The maximum absolute atomic E-state index is 13.1. The van der Waals surface area contributed by atoms with Crippen LogP contribution in [0.5, 0.6) is 0 Å². The van der Waals surface area contributed by atoms with Gasteiger partial charge in [0.2, 0.25) is 0 Å². The van der Waals surface area contributed by atoms with Gasteiger partial charge < -0.3 is 15.7 Å². The van der Waals surface area contributed by atoms with Crippen LogP contribution in [0.1, 0.15) is 39.3 Å². The Morgan fingerprint density at radius 2 is 1.90 bits per heavy atom. The van der Waals surface area contributed by atoms with E-state index in [9.17, 15) is 18.7 Å². The molecule has 0 saturated heterocycles. The molecule has 6 heteroatoms. The van der Waals surface area contributed by atoms with Gasteiger partial charge in [0.05, 0.1) is 11.6 Å². The minimum absolute atomic E-state index is 0.0126. The number of benzene rings is 1. The lowest BCUT2D eigenvalue weighted by atomic mass is 9.93. The van der Waals surface area contributed by atoms with Gasteiger partial charge in [-0.15, -0.1) is 0 Å². The first-order chi connectivity index (χ1) is 9.63. The quantitative estimate of drug-likeness (QED) is 0.783. The second kappa shape index (κ2) is 6.85. The molecule has 4 nitrogen and oxygen atoms in total. The van der Waals surface area contributed by atoms with Crippen LogP contribution < -0.4 is 10.6 Å². The summed E-state index contributed by atoms with van der Waals surface area (Å²) >= 11 is 0. The second-order valence-electron chi connectivity index (χ2n) is 5.73. The summed E-state index contributed by atoms with van der Waals surface area (Å²) in [5.41, 5.74) is -0.553. The molecule has 0 aliphatic carbocycles. The zero-order valence-corrected chi connectivity index (χ0v) is 12.7. The molecule has 2 unspecified atom stereocenters. The van der Waals surface area contributed by atoms with Gasteiger partial charge in [-0.05, 0) is 37.5 Å². The zero-order valence-electron chi connectivity index (χ0n) is 12.7. The Balaban J connectivity index is 2.56. The van der Waals surface area contributed by atoms with E-state index in [2.05, 4.69) is 10.6 Å². The fourth-order valence-corrected chi connectivity index (χ4v) is 1.58. The number of hydrogen-bond acceptors (Lipinski definition) is 2. The molecule has 1 aromatic carbocycles. The van der Waals surface area contributed by atoms with Crippen molar-refractivity contribution in [2.24, 2.45) is 5.92 Å². The SMILES string of the molecule is CC(NC(=O)NCC(C)(O)C(C)C)c1ccc(F)c(F)c1. The first kappa shape index (κ1) is 17.4. The molecule has 0 aromatic heterocycles. The lowest BCUT2D eigenvalue weighted by Crippen LogP contribution is -2.47. The zero-order chi connectivity index (χ0) is 16.2. The molecule has 0 heterocycles. The van der Waals surface area contributed by atoms with Crippen molar-refractivity contribution in [1.29, 1.82) is 0 Å². The van der Waals surface area contributed by atoms with Crippen LogP contribution in [0.4, 0.5) is 13.6 Å². The van der Waals surface area contributed by atoms with Gasteiger partial charge in [0.25, 0.3) is 0 Å². The summed E-state index contributed by atoms with van der Waals surface area (Å²) in [6.45, 7) is 7.09. The molecule has 0 aliphatic rings. The average Bonchev–Trinajstić information content (AvgIpc) is 2.39. The van der Waals surface area contributed by atoms with Crippen molar-refractivity contribution < 1.29 is 18.7 Å². The maximum Gasteiger partial charge on any atom is 0.315 e. The van der Waals surface area contributed by atoms with E-state index in [4.69, 9.17) is 0 Å². The van der Waals surface area contributed by atoms with Crippen molar-refractivity contribution in [2.75, 3.05) is 6.54 Å². The Bertz CT molecular complexity index is 504. The maximum atomic E-state index is 13.1. The Hall–Kier alpha value is -1.69. The lowest BCUT2D eigenvalue weighted by molar-refractivity contribution is 0.0165. The number of carbonyl (C=O) groups is 1. The Labute approximate surface area is 123 Å². The second-order valence-corrected chi connectivity index (χ2v) is 5.73. The third kappa shape index (κ3) is 4.97. The summed E-state index contributed by atoms with van der Waals surface area (Å²) in [6, 6.07) is 2.51. The molecule has 2 atom stereocenters. The smallest absolute Gasteiger partial charge is 0.315 e. The van der Waals surface area contributed by atoms with Gasteiger partial charge >= 0.3 is 6.03 Å². The first-order valence-corrected chi connectivity index (χ1v) is 6.85. The van der Waals surface area contributed by atoms with Crippen LogP contribution in [-0.2, 0) is 0 Å². The summed E-state index contributed by atoms with van der Waals surface area (Å²) in [4.78, 5) is 11.7. The van der Waals surface area contributed by atoms with Gasteiger partial charge in [-0.1, -0.05) is 19.9 Å². The number of rotatable bonds is 5. The molecule has 0 bridgehead atoms. The van der Waals surface area contributed by atoms with Gasteiger partial charge in [-0.25, -0.2) is 13.6 Å². The number of carbonyl (C=O) groups excluding carboxylic acids is 1. The number of aliphatic hydroxyl groups is 1. The van der Waals surface area contributed by atoms with Crippen LogP contribution in [0, 0.1) is 17.6 Å². The Morgan fingerprint density at radius 3 is 2.43 bits per heavy atom. The van der Waals surface area contributed by atoms with Gasteiger partial charge in [0.15, 0.2) is 11.6 Å². The molecular weight excluding hydrogens is 278 g/mol. The summed E-state index contributed by atoms with van der Waals surface area (Å²) in [5.74, 6) is -1.89. The number of halogens is 2. The van der Waals surface area contributed by atoms with Crippen molar-refractivity contribution in [3.8, 4) is 0 Å². The fraction of sp³-hybridized carbons (Fsp3) is 0.533. The minimum Gasteiger partial charge on any atom is -0.388 e. The highest BCUT2D eigenvalue weighted by molar-refractivity contribution is 5.74. The van der Waals surface area contributed by atoms with Crippen molar-refractivity contribution in [1.82, 2.24) is 10.6 Å². The number of nitrogens with one attached hydrogen (secondary N) is 2. The fourth-order valence-electron chi connectivity index (χ4n) is 1.58. The van der Waals surface area contributed by atoms with Gasteiger partial charge in [0.1, 0.15) is 0 Å². The molecule has 0 spiro atoms. The van der Waals surface area contributed by atoms with E-state index in [1.165, 1.54) is 6.07 Å². The minimum atomic E-state index is -1.01. The predicted molar refractivity (Wildman–Crippen MR) is 76.8 cm³/mol. The number of hydrogen-bond donors (Lipinski definition) is 3. The topological polar surface area (TPSA) is 61.4 Å². The van der Waals surface area contributed by atoms with E-state index < -0.39 is 29.3 Å². The molecule has 21 heavy (non-hydrogen) atoms. The van der Waals surface area contributed by atoms with E-state index >= 15 is 0 Å². The van der Waals surface area contributed by atoms with Gasteiger partial charge in [-0.3, -0.25) is 0 Å². The van der Waals surface area contributed by atoms with E-state index in [1.54, 1.807) is 13.8 Å². The third-order valence-corrected chi connectivity index (χ3v) is 3.64. The van der Waals surface area contributed by atoms with E-state index in [-0.39, 0.29) is 12.5 Å². The summed E-state index contributed by atoms with van der Waals surface area (Å²) in [5, 5.41) is 15.2. The van der Waals surface area contributed by atoms with Crippen LogP contribution in [0.3, 0.4) is 0 Å². The van der Waals surface area contributed by atoms with Crippen molar-refractivity contribution in [3.05, 3.63) is 35.4 Å². The summed E-state index contributed by atoms with van der Waals surface area (Å²) in [7, 11) is 0. The van der Waals surface area contributed by atoms with Crippen LogP contribution in [0.15, 0.2) is 18.2 Å². The van der Waals surface area contributed by atoms with E-state index in [0.717, 1.165) is 12.1 Å². The molecule has 118 valence electrons. The summed E-state index contributed by atoms with van der Waals surface area (Å²) < 4.78 is 26.0. The van der Waals surface area contributed by atoms with E-state index in [1.807, 2.05) is 13.8 Å². The molecule has 1 rings (SSSR count). The molecule has 0 aliphatic heterocycles. The van der Waals surface area contributed by atoms with Crippen LogP contribution in [-0.4, -0.2) is 23.3 Å². The van der Waals surface area contributed by atoms with Crippen molar-refractivity contribution in [3.63, 3.8) is 0 Å². The molecular formula is C15H22F2N2O2. The predicted octanol–water partition coefficient (Wildman–Crippen LogP) is 2.73. The van der Waals surface area contributed by atoms with Gasteiger partial charge in [-0.2, -0.15) is 0 Å². The molecule has 3 N–H and O–H groups in total. The third-order valence-electron chi connectivity index (χ3n) is 3.64. The molecule has 0 radical (unpaired) electrons. The van der Waals surface area contributed by atoms with E-state index in [0.29, 0.717) is 5.56 Å². The highest BCUT2D eigenvalue weighted by atomic mass is 19.2. The molecule has 0 fully saturated rings.